The lowest BCUT2D eigenvalue weighted by atomic mass is 9.99. The van der Waals surface area contributed by atoms with Gasteiger partial charge < -0.3 is 9.47 Å². The Balaban J connectivity index is 1.72. The van der Waals surface area contributed by atoms with Crippen molar-refractivity contribution in [2.75, 3.05) is 39.2 Å². The predicted molar refractivity (Wildman–Crippen MR) is 78.4 cm³/mol. The first-order valence-electron chi connectivity index (χ1n) is 6.87. The molecule has 1 saturated heterocycles. The van der Waals surface area contributed by atoms with E-state index in [1.54, 1.807) is 7.11 Å². The molecule has 1 aromatic rings. The van der Waals surface area contributed by atoms with E-state index in [0.717, 1.165) is 37.0 Å². The Kier molecular flexibility index (Phi) is 5.80. The lowest BCUT2D eigenvalue weighted by Crippen LogP contribution is -2.36. The van der Waals surface area contributed by atoms with Crippen molar-refractivity contribution in [2.45, 2.75) is 12.8 Å². The van der Waals surface area contributed by atoms with Crippen LogP contribution in [0.25, 0.3) is 0 Å². The number of piperidine rings is 1. The maximum Gasteiger partial charge on any atom is 0.161 e. The van der Waals surface area contributed by atoms with Crippen LogP contribution in [0.15, 0.2) is 24.3 Å². The van der Waals surface area contributed by atoms with Crippen LogP contribution < -0.4 is 9.47 Å². The van der Waals surface area contributed by atoms with Crippen LogP contribution in [0, 0.1) is 5.92 Å². The fourth-order valence-corrected chi connectivity index (χ4v) is 2.70. The normalized spacial score (nSPS) is 17.4. The molecule has 4 heteroatoms. The number of rotatable bonds is 6. The number of alkyl halides is 1. The van der Waals surface area contributed by atoms with E-state index in [2.05, 4.69) is 4.90 Å². The topological polar surface area (TPSA) is 21.7 Å². The number of nitrogens with zero attached hydrogens (tertiary/aromatic N) is 1. The summed E-state index contributed by atoms with van der Waals surface area (Å²) in [6.45, 7) is 3.93. The van der Waals surface area contributed by atoms with E-state index >= 15 is 0 Å². The molecule has 1 aliphatic rings. The van der Waals surface area contributed by atoms with Crippen LogP contribution in [0.1, 0.15) is 12.8 Å². The molecule has 0 saturated carbocycles. The van der Waals surface area contributed by atoms with Crippen LogP contribution in [0.2, 0.25) is 0 Å². The first-order valence-corrected chi connectivity index (χ1v) is 7.41. The number of likely N-dealkylation sites (tertiary alicyclic amines) is 1. The molecule has 2 rings (SSSR count). The Bertz CT molecular complexity index is 378. The van der Waals surface area contributed by atoms with Crippen molar-refractivity contribution in [3.8, 4) is 11.5 Å². The third kappa shape index (κ3) is 4.29. The number of halogens is 1. The van der Waals surface area contributed by atoms with Gasteiger partial charge in [-0.3, -0.25) is 4.90 Å². The van der Waals surface area contributed by atoms with Gasteiger partial charge in [0.25, 0.3) is 0 Å². The molecule has 0 bridgehead atoms. The zero-order valence-corrected chi connectivity index (χ0v) is 12.2. The van der Waals surface area contributed by atoms with E-state index in [9.17, 15) is 0 Å². The van der Waals surface area contributed by atoms with Crippen LogP contribution in [0.3, 0.4) is 0 Å². The highest BCUT2D eigenvalue weighted by Gasteiger charge is 2.18. The Hall–Kier alpha value is -0.930. The number of hydrogen-bond donors (Lipinski definition) is 0. The van der Waals surface area contributed by atoms with Gasteiger partial charge in [0.2, 0.25) is 0 Å². The Morgan fingerprint density at radius 2 is 1.89 bits per heavy atom. The summed E-state index contributed by atoms with van der Waals surface area (Å²) in [6.07, 6.45) is 2.41. The molecule has 0 spiro atoms. The highest BCUT2D eigenvalue weighted by Crippen LogP contribution is 2.25. The first kappa shape index (κ1) is 14.5. The van der Waals surface area contributed by atoms with Gasteiger partial charge in [-0.2, -0.15) is 0 Å². The van der Waals surface area contributed by atoms with E-state index in [1.165, 1.54) is 12.8 Å². The summed E-state index contributed by atoms with van der Waals surface area (Å²) < 4.78 is 11.1. The summed E-state index contributed by atoms with van der Waals surface area (Å²) in [4.78, 5) is 2.44. The molecule has 0 unspecified atom stereocenters. The second-order valence-electron chi connectivity index (χ2n) is 4.94. The third-order valence-corrected chi connectivity index (χ3v) is 4.10. The largest absolute Gasteiger partial charge is 0.493 e. The average Bonchev–Trinajstić information content (AvgIpc) is 2.48. The molecule has 1 aliphatic heterocycles. The second-order valence-corrected chi connectivity index (χ2v) is 5.25. The Morgan fingerprint density at radius 3 is 2.53 bits per heavy atom. The van der Waals surface area contributed by atoms with Gasteiger partial charge in [-0.15, -0.1) is 11.6 Å². The minimum absolute atomic E-state index is 0.700. The lowest BCUT2D eigenvalue weighted by molar-refractivity contribution is 0.159. The van der Waals surface area contributed by atoms with Gasteiger partial charge in [-0.1, -0.05) is 12.1 Å². The van der Waals surface area contributed by atoms with Crippen LogP contribution in [-0.2, 0) is 0 Å². The number of para-hydroxylation sites is 2. The molecule has 1 aromatic carbocycles. The second kappa shape index (κ2) is 7.61. The van der Waals surface area contributed by atoms with Crippen LogP contribution in [0.5, 0.6) is 11.5 Å². The minimum atomic E-state index is 0.700. The smallest absolute Gasteiger partial charge is 0.161 e. The van der Waals surface area contributed by atoms with E-state index in [1.807, 2.05) is 24.3 Å². The van der Waals surface area contributed by atoms with Crippen molar-refractivity contribution in [1.29, 1.82) is 0 Å². The van der Waals surface area contributed by atoms with Gasteiger partial charge in [-0.25, -0.2) is 0 Å². The van der Waals surface area contributed by atoms with Gasteiger partial charge in [0, 0.05) is 12.4 Å². The summed E-state index contributed by atoms with van der Waals surface area (Å²) in [5.74, 6) is 3.11. The molecule has 19 heavy (non-hydrogen) atoms. The molecule has 0 amide bonds. The van der Waals surface area contributed by atoms with Gasteiger partial charge in [0.1, 0.15) is 6.61 Å². The summed E-state index contributed by atoms with van der Waals surface area (Å²) >= 11 is 5.89. The minimum Gasteiger partial charge on any atom is -0.493 e. The molecule has 0 radical (unpaired) electrons. The van der Waals surface area contributed by atoms with Gasteiger partial charge in [-0.05, 0) is 44.0 Å². The molecule has 0 aliphatic carbocycles. The maximum atomic E-state index is 5.89. The molecule has 1 heterocycles. The first-order chi connectivity index (χ1) is 9.33. The maximum absolute atomic E-state index is 5.89. The van der Waals surface area contributed by atoms with E-state index < -0.39 is 0 Å². The van der Waals surface area contributed by atoms with Crippen LogP contribution in [-0.4, -0.2) is 44.1 Å². The predicted octanol–water partition coefficient (Wildman–Crippen LogP) is 3.02. The summed E-state index contributed by atoms with van der Waals surface area (Å²) in [7, 11) is 1.67. The zero-order chi connectivity index (χ0) is 13.5. The highest BCUT2D eigenvalue weighted by molar-refractivity contribution is 6.18. The van der Waals surface area contributed by atoms with E-state index in [0.29, 0.717) is 12.5 Å². The molecule has 1 fully saturated rings. The van der Waals surface area contributed by atoms with Gasteiger partial charge in [0.05, 0.1) is 7.11 Å². The number of hydrogen-bond acceptors (Lipinski definition) is 3. The molecular weight excluding hydrogens is 262 g/mol. The monoisotopic (exact) mass is 283 g/mol. The fraction of sp³-hybridized carbons (Fsp3) is 0.600. The summed E-state index contributed by atoms with van der Waals surface area (Å²) in [5, 5.41) is 0. The Labute approximate surface area is 120 Å². The number of benzene rings is 1. The summed E-state index contributed by atoms with van der Waals surface area (Å²) in [6, 6.07) is 7.77. The van der Waals surface area contributed by atoms with Crippen LogP contribution >= 0.6 is 11.6 Å². The van der Waals surface area contributed by atoms with Gasteiger partial charge >= 0.3 is 0 Å². The summed E-state index contributed by atoms with van der Waals surface area (Å²) in [5.41, 5.74) is 0. The molecule has 3 nitrogen and oxygen atoms in total. The van der Waals surface area contributed by atoms with Crippen molar-refractivity contribution in [2.24, 2.45) is 5.92 Å². The quantitative estimate of drug-likeness (QED) is 0.749. The molecule has 0 atom stereocenters. The molecular formula is C15H22ClNO2. The molecule has 0 aromatic heterocycles. The van der Waals surface area contributed by atoms with Crippen LogP contribution in [0.4, 0.5) is 0 Å². The average molecular weight is 284 g/mol. The van der Waals surface area contributed by atoms with Crippen molar-refractivity contribution in [3.05, 3.63) is 24.3 Å². The van der Waals surface area contributed by atoms with Crippen molar-refractivity contribution >= 4 is 11.6 Å². The fourth-order valence-electron chi connectivity index (χ4n) is 2.39. The Morgan fingerprint density at radius 1 is 1.21 bits per heavy atom. The number of ether oxygens (including phenoxy) is 2. The van der Waals surface area contributed by atoms with Crippen molar-refractivity contribution in [1.82, 2.24) is 4.90 Å². The van der Waals surface area contributed by atoms with E-state index in [-0.39, 0.29) is 0 Å². The standard InChI is InChI=1S/C15H22ClNO2/c1-18-14-4-2-3-5-15(14)19-11-10-17-8-6-13(12-16)7-9-17/h2-5,13H,6-12H2,1H3. The lowest BCUT2D eigenvalue weighted by Gasteiger charge is -2.30. The molecule has 0 N–H and O–H groups in total. The van der Waals surface area contributed by atoms with Crippen molar-refractivity contribution in [3.63, 3.8) is 0 Å². The van der Waals surface area contributed by atoms with Gasteiger partial charge in [0.15, 0.2) is 11.5 Å². The third-order valence-electron chi connectivity index (χ3n) is 3.66. The van der Waals surface area contributed by atoms with E-state index in [4.69, 9.17) is 21.1 Å². The molecule has 106 valence electrons. The number of methoxy groups -OCH3 is 1. The zero-order valence-electron chi connectivity index (χ0n) is 11.5. The highest BCUT2D eigenvalue weighted by atomic mass is 35.5. The van der Waals surface area contributed by atoms with Crippen molar-refractivity contribution < 1.29 is 9.47 Å². The SMILES string of the molecule is COc1ccccc1OCCN1CCC(CCl)CC1.